The fourth-order valence-corrected chi connectivity index (χ4v) is 2.28. The van der Waals surface area contributed by atoms with Gasteiger partial charge in [0.2, 0.25) is 0 Å². The number of hydrogen-bond acceptors (Lipinski definition) is 3. The molecule has 1 aromatic carbocycles. The number of phenols is 1. The molecule has 1 rings (SSSR count). The van der Waals surface area contributed by atoms with E-state index in [2.05, 4.69) is 9.58 Å². The number of carbonyl (C=O) groups excluding carboxylic acids is 1. The number of aromatic hydroxyl groups is 1. The van der Waals surface area contributed by atoms with Gasteiger partial charge in [0.25, 0.3) is 5.70 Å². The molecule has 1 aromatic rings. The lowest BCUT2D eigenvalue weighted by Gasteiger charge is -2.28. The molecule has 0 atom stereocenters. The molecule has 0 aliphatic heterocycles. The van der Waals surface area contributed by atoms with E-state index in [9.17, 15) is 9.90 Å². The van der Waals surface area contributed by atoms with Gasteiger partial charge >= 0.3 is 5.97 Å². The Morgan fingerprint density at radius 2 is 1.57 bits per heavy atom. The highest BCUT2D eigenvalue weighted by atomic mass is 16.5. The molecule has 0 aliphatic rings. The van der Waals surface area contributed by atoms with E-state index in [1.807, 2.05) is 53.7 Å². The van der Waals surface area contributed by atoms with Crippen LogP contribution in [0.5, 0.6) is 5.75 Å². The van der Waals surface area contributed by atoms with Crippen LogP contribution in [0, 0.1) is 6.57 Å². The monoisotopic (exact) mass is 315 g/mol. The zero-order chi connectivity index (χ0) is 18.0. The SMILES string of the molecule is [C-]#[N+]C(=Cc1cc(C(C)(C)C)c(O)c(C(C)(C)C)c1)C(=O)OC. The van der Waals surface area contributed by atoms with Gasteiger partial charge in [0.1, 0.15) is 5.75 Å². The van der Waals surface area contributed by atoms with E-state index < -0.39 is 5.97 Å². The molecule has 0 unspecified atom stereocenters. The zero-order valence-electron chi connectivity index (χ0n) is 14.9. The van der Waals surface area contributed by atoms with Crippen molar-refractivity contribution in [2.45, 2.75) is 52.4 Å². The molecule has 0 amide bonds. The Morgan fingerprint density at radius 1 is 1.13 bits per heavy atom. The standard InChI is InChI=1S/C19H25NO3/c1-18(2,3)13-9-12(11-15(20-7)17(22)23-8)10-14(16(13)21)19(4,5)6/h9-11,21H,1-6,8H3. The first-order chi connectivity index (χ1) is 10.4. The van der Waals surface area contributed by atoms with Crippen molar-refractivity contribution in [2.75, 3.05) is 7.11 Å². The molecule has 0 aliphatic carbocycles. The summed E-state index contributed by atoms with van der Waals surface area (Å²) >= 11 is 0. The third kappa shape index (κ3) is 4.35. The van der Waals surface area contributed by atoms with Crippen LogP contribution in [0.2, 0.25) is 0 Å². The molecule has 124 valence electrons. The zero-order valence-corrected chi connectivity index (χ0v) is 14.9. The van der Waals surface area contributed by atoms with E-state index in [0.29, 0.717) is 5.56 Å². The highest BCUT2D eigenvalue weighted by molar-refractivity contribution is 5.95. The van der Waals surface area contributed by atoms with Crippen molar-refractivity contribution in [3.63, 3.8) is 0 Å². The Balaban J connectivity index is 3.67. The van der Waals surface area contributed by atoms with Crippen LogP contribution in [0.15, 0.2) is 17.8 Å². The van der Waals surface area contributed by atoms with Crippen LogP contribution < -0.4 is 0 Å². The minimum absolute atomic E-state index is 0.0853. The fraction of sp³-hybridized carbons (Fsp3) is 0.474. The maximum atomic E-state index is 11.6. The van der Waals surface area contributed by atoms with Crippen LogP contribution in [-0.4, -0.2) is 18.2 Å². The summed E-state index contributed by atoms with van der Waals surface area (Å²) in [6, 6.07) is 3.64. The first-order valence-corrected chi connectivity index (χ1v) is 7.47. The molecular formula is C19H25NO3. The van der Waals surface area contributed by atoms with Gasteiger partial charge in [-0.2, -0.15) is 0 Å². The number of nitrogens with zero attached hydrogens (tertiary/aromatic N) is 1. The van der Waals surface area contributed by atoms with Crippen molar-refractivity contribution in [1.29, 1.82) is 0 Å². The van der Waals surface area contributed by atoms with Gasteiger partial charge in [-0.1, -0.05) is 41.5 Å². The Morgan fingerprint density at radius 3 is 1.87 bits per heavy atom. The number of hydrogen-bond donors (Lipinski definition) is 1. The normalized spacial score (nSPS) is 12.7. The molecular weight excluding hydrogens is 290 g/mol. The van der Waals surface area contributed by atoms with Crippen molar-refractivity contribution in [3.05, 3.63) is 45.9 Å². The molecule has 0 fully saturated rings. The summed E-state index contributed by atoms with van der Waals surface area (Å²) in [6.07, 6.45) is 1.50. The predicted octanol–water partition coefficient (Wildman–Crippen LogP) is 4.42. The second-order valence-electron chi connectivity index (χ2n) is 7.60. The van der Waals surface area contributed by atoms with Crippen LogP contribution in [0.3, 0.4) is 0 Å². The Bertz CT molecular complexity index is 645. The number of phenolic OH excluding ortho intramolecular Hbond substituents is 1. The number of methoxy groups -OCH3 is 1. The van der Waals surface area contributed by atoms with Gasteiger partial charge in [0.05, 0.1) is 13.7 Å². The lowest BCUT2D eigenvalue weighted by Crippen LogP contribution is -2.17. The van der Waals surface area contributed by atoms with Crippen molar-refractivity contribution < 1.29 is 14.6 Å². The van der Waals surface area contributed by atoms with Crippen molar-refractivity contribution in [1.82, 2.24) is 0 Å². The van der Waals surface area contributed by atoms with Crippen LogP contribution in [-0.2, 0) is 20.4 Å². The summed E-state index contributed by atoms with van der Waals surface area (Å²) in [5.74, 6) is -0.396. The second kappa shape index (κ2) is 6.45. The van der Waals surface area contributed by atoms with Gasteiger partial charge in [0, 0.05) is 11.1 Å². The molecule has 1 N–H and O–H groups in total. The lowest BCUT2D eigenvalue weighted by molar-refractivity contribution is -0.135. The summed E-state index contributed by atoms with van der Waals surface area (Å²) in [5, 5.41) is 10.7. The molecule has 23 heavy (non-hydrogen) atoms. The third-order valence-corrected chi connectivity index (χ3v) is 3.57. The lowest BCUT2D eigenvalue weighted by atomic mass is 9.78. The Hall–Kier alpha value is -2.28. The molecule has 0 spiro atoms. The minimum atomic E-state index is -0.664. The summed E-state index contributed by atoms with van der Waals surface area (Å²) < 4.78 is 4.62. The van der Waals surface area contributed by atoms with Crippen LogP contribution >= 0.6 is 0 Å². The Kier molecular flexibility index (Phi) is 5.27. The summed E-state index contributed by atoms with van der Waals surface area (Å²) in [4.78, 5) is 14.9. The molecule has 0 heterocycles. The molecule has 0 saturated carbocycles. The molecule has 0 saturated heterocycles. The molecule has 0 bridgehead atoms. The number of esters is 1. The van der Waals surface area contributed by atoms with Gasteiger partial charge in [-0.05, 0) is 34.6 Å². The van der Waals surface area contributed by atoms with Crippen LogP contribution in [0.1, 0.15) is 58.2 Å². The van der Waals surface area contributed by atoms with Gasteiger partial charge < -0.3 is 9.84 Å². The first-order valence-electron chi connectivity index (χ1n) is 7.47. The number of carbonyl (C=O) groups is 1. The third-order valence-electron chi connectivity index (χ3n) is 3.57. The smallest absolute Gasteiger partial charge is 0.336 e. The molecule has 0 aromatic heterocycles. The maximum absolute atomic E-state index is 11.6. The van der Waals surface area contributed by atoms with E-state index in [1.54, 1.807) is 0 Å². The van der Waals surface area contributed by atoms with Gasteiger partial charge in [0.15, 0.2) is 0 Å². The second-order valence-corrected chi connectivity index (χ2v) is 7.60. The average Bonchev–Trinajstić information content (AvgIpc) is 2.42. The maximum Gasteiger partial charge on any atom is 0.336 e. The molecule has 0 radical (unpaired) electrons. The summed E-state index contributed by atoms with van der Waals surface area (Å²) in [7, 11) is 1.25. The summed E-state index contributed by atoms with van der Waals surface area (Å²) in [6.45, 7) is 19.2. The van der Waals surface area contributed by atoms with Crippen molar-refractivity contribution in [3.8, 4) is 5.75 Å². The number of ether oxygens (including phenoxy) is 1. The van der Waals surface area contributed by atoms with E-state index in [-0.39, 0.29) is 22.3 Å². The Labute approximate surface area is 138 Å². The van der Waals surface area contributed by atoms with Crippen molar-refractivity contribution in [2.24, 2.45) is 0 Å². The minimum Gasteiger partial charge on any atom is -0.507 e. The average molecular weight is 315 g/mol. The van der Waals surface area contributed by atoms with E-state index in [0.717, 1.165) is 11.1 Å². The van der Waals surface area contributed by atoms with Gasteiger partial charge in [-0.25, -0.2) is 4.85 Å². The summed E-state index contributed by atoms with van der Waals surface area (Å²) in [5.41, 5.74) is 1.65. The number of benzene rings is 1. The van der Waals surface area contributed by atoms with E-state index in [1.165, 1.54) is 13.2 Å². The fourth-order valence-electron chi connectivity index (χ4n) is 2.28. The predicted molar refractivity (Wildman–Crippen MR) is 92.1 cm³/mol. The van der Waals surface area contributed by atoms with Gasteiger partial charge in [-0.3, -0.25) is 4.79 Å². The quantitative estimate of drug-likeness (QED) is 0.499. The molecule has 4 heteroatoms. The van der Waals surface area contributed by atoms with Crippen LogP contribution in [0.25, 0.3) is 10.9 Å². The van der Waals surface area contributed by atoms with Crippen molar-refractivity contribution >= 4 is 12.0 Å². The largest absolute Gasteiger partial charge is 0.507 e. The van der Waals surface area contributed by atoms with Gasteiger partial charge in [-0.15, -0.1) is 0 Å². The first kappa shape index (κ1) is 18.8. The topological polar surface area (TPSA) is 50.9 Å². The highest BCUT2D eigenvalue weighted by Crippen LogP contribution is 2.40. The van der Waals surface area contributed by atoms with Crippen LogP contribution in [0.4, 0.5) is 0 Å². The molecule has 4 nitrogen and oxygen atoms in total. The van der Waals surface area contributed by atoms with E-state index in [4.69, 9.17) is 6.57 Å². The highest BCUT2D eigenvalue weighted by Gasteiger charge is 2.26. The van der Waals surface area contributed by atoms with E-state index >= 15 is 0 Å². The number of rotatable bonds is 2.